The molecule has 2 N–H and O–H groups in total. The highest BCUT2D eigenvalue weighted by atomic mass is 19.1. The lowest BCUT2D eigenvalue weighted by molar-refractivity contribution is -0.122. The van der Waals surface area contributed by atoms with E-state index in [0.717, 1.165) is 5.56 Å². The Bertz CT molecular complexity index is 1260. The largest absolute Gasteiger partial charge is 0.480 e. The quantitative estimate of drug-likeness (QED) is 0.546. The van der Waals surface area contributed by atoms with Crippen LogP contribution < -0.4 is 20.3 Å². The Hall–Kier alpha value is -3.91. The number of hydrogen-bond donors (Lipinski definition) is 2. The van der Waals surface area contributed by atoms with Crippen molar-refractivity contribution >= 4 is 28.9 Å². The first-order valence-corrected chi connectivity index (χ1v) is 12.0. The topological polar surface area (TPSA) is 79.9 Å². The number of nitrogens with zero attached hydrogens (tertiary/aromatic N) is 1. The summed E-state index contributed by atoms with van der Waals surface area (Å²) in [5.74, 6) is -0.390. The van der Waals surface area contributed by atoms with Gasteiger partial charge >= 0.3 is 0 Å². The van der Waals surface area contributed by atoms with Crippen LogP contribution in [0.2, 0.25) is 0 Å². The number of amides is 2. The lowest BCUT2D eigenvalue weighted by atomic mass is 10.1. The molecule has 3 unspecified atom stereocenters. The van der Waals surface area contributed by atoms with E-state index >= 15 is 0 Å². The van der Waals surface area contributed by atoms with Crippen LogP contribution in [0, 0.1) is 5.82 Å². The standard InChI is InChI=1S/C28H28FN3O4/c1-17-15-32(16-18(2)35-17)24-11-10-22(14-23(24)29)30-27(33)20-7-5-8-21(12-20)31-28(34)26-13-19-6-3-4-9-25(19)36-26/h3-12,14,17-18,26H,13,15-16H2,1-2H3,(H,30,33)(H,31,34). The van der Waals surface area contributed by atoms with E-state index in [1.807, 2.05) is 43.0 Å². The van der Waals surface area contributed by atoms with Crippen LogP contribution in [-0.4, -0.2) is 43.2 Å². The third-order valence-electron chi connectivity index (χ3n) is 6.30. The number of para-hydroxylation sites is 1. The number of carbonyl (C=O) groups excluding carboxylic acids is 2. The summed E-state index contributed by atoms with van der Waals surface area (Å²) in [6.07, 6.45) is -0.114. The number of nitrogens with one attached hydrogen (secondary N) is 2. The Balaban J connectivity index is 1.22. The molecule has 3 aromatic rings. The van der Waals surface area contributed by atoms with E-state index in [1.165, 1.54) is 6.07 Å². The van der Waals surface area contributed by atoms with Crippen LogP contribution in [0.1, 0.15) is 29.8 Å². The highest BCUT2D eigenvalue weighted by Gasteiger charge is 2.29. The average Bonchev–Trinajstić information content (AvgIpc) is 3.28. The number of rotatable bonds is 5. The molecular formula is C28H28FN3O4. The molecule has 36 heavy (non-hydrogen) atoms. The van der Waals surface area contributed by atoms with Crippen molar-refractivity contribution in [1.82, 2.24) is 0 Å². The second kappa shape index (κ2) is 9.99. The van der Waals surface area contributed by atoms with E-state index in [0.29, 0.717) is 47.9 Å². The lowest BCUT2D eigenvalue weighted by Gasteiger charge is -2.37. The second-order valence-corrected chi connectivity index (χ2v) is 9.27. The number of benzene rings is 3. The van der Waals surface area contributed by atoms with E-state index in [4.69, 9.17) is 9.47 Å². The van der Waals surface area contributed by atoms with Gasteiger partial charge in [0.2, 0.25) is 0 Å². The summed E-state index contributed by atoms with van der Waals surface area (Å²) in [7, 11) is 0. The Morgan fingerprint density at radius 2 is 1.67 bits per heavy atom. The molecule has 8 heteroatoms. The molecule has 7 nitrogen and oxygen atoms in total. The van der Waals surface area contributed by atoms with Crippen LogP contribution in [0.4, 0.5) is 21.5 Å². The number of carbonyl (C=O) groups is 2. The van der Waals surface area contributed by atoms with Crippen LogP contribution in [0.3, 0.4) is 0 Å². The van der Waals surface area contributed by atoms with Gasteiger partial charge < -0.3 is 25.0 Å². The molecule has 2 amide bonds. The minimum absolute atomic E-state index is 0.0100. The molecule has 3 atom stereocenters. The Kier molecular flexibility index (Phi) is 6.61. The van der Waals surface area contributed by atoms with Gasteiger partial charge in [-0.05, 0) is 61.9 Å². The zero-order valence-corrected chi connectivity index (χ0v) is 20.2. The van der Waals surface area contributed by atoms with Gasteiger partial charge in [-0.2, -0.15) is 0 Å². The number of fused-ring (bicyclic) bond motifs is 1. The summed E-state index contributed by atoms with van der Waals surface area (Å²) in [5.41, 5.74) is 2.63. The zero-order chi connectivity index (χ0) is 25.2. The van der Waals surface area contributed by atoms with Crippen molar-refractivity contribution in [3.05, 3.63) is 83.7 Å². The fraction of sp³-hybridized carbons (Fsp3) is 0.286. The van der Waals surface area contributed by atoms with E-state index in [9.17, 15) is 14.0 Å². The van der Waals surface area contributed by atoms with Gasteiger partial charge in [0.25, 0.3) is 11.8 Å². The van der Waals surface area contributed by atoms with Gasteiger partial charge in [0.1, 0.15) is 11.6 Å². The van der Waals surface area contributed by atoms with Crippen molar-refractivity contribution < 1.29 is 23.5 Å². The van der Waals surface area contributed by atoms with E-state index in [-0.39, 0.29) is 18.1 Å². The van der Waals surface area contributed by atoms with Gasteiger partial charge in [0, 0.05) is 36.4 Å². The molecule has 186 valence electrons. The molecule has 0 spiro atoms. The van der Waals surface area contributed by atoms with Crippen molar-refractivity contribution in [2.45, 2.75) is 38.6 Å². The molecule has 0 saturated carbocycles. The normalized spacial score (nSPS) is 20.9. The molecule has 2 aliphatic rings. The third kappa shape index (κ3) is 5.18. The number of hydrogen-bond acceptors (Lipinski definition) is 5. The van der Waals surface area contributed by atoms with Crippen molar-refractivity contribution in [1.29, 1.82) is 0 Å². The highest BCUT2D eigenvalue weighted by molar-refractivity contribution is 6.05. The summed E-state index contributed by atoms with van der Waals surface area (Å²) < 4.78 is 26.4. The highest BCUT2D eigenvalue weighted by Crippen LogP contribution is 2.29. The lowest BCUT2D eigenvalue weighted by Crippen LogP contribution is -2.45. The number of halogens is 1. The molecule has 1 fully saturated rings. The van der Waals surface area contributed by atoms with Crippen LogP contribution in [0.5, 0.6) is 5.75 Å². The molecule has 0 radical (unpaired) electrons. The molecule has 0 aromatic heterocycles. The summed E-state index contributed by atoms with van der Waals surface area (Å²) >= 11 is 0. The Labute approximate surface area is 209 Å². The molecule has 0 aliphatic carbocycles. The SMILES string of the molecule is CC1CN(c2ccc(NC(=O)c3cccc(NC(=O)C4Cc5ccccc5O4)c3)cc2F)CC(C)O1. The van der Waals surface area contributed by atoms with Crippen LogP contribution in [0.15, 0.2) is 66.7 Å². The summed E-state index contributed by atoms with van der Waals surface area (Å²) in [4.78, 5) is 27.5. The molecule has 3 aromatic carbocycles. The van der Waals surface area contributed by atoms with Crippen LogP contribution in [-0.2, 0) is 16.0 Å². The number of morpholine rings is 1. The van der Waals surface area contributed by atoms with Crippen LogP contribution >= 0.6 is 0 Å². The number of ether oxygens (including phenoxy) is 2. The summed E-state index contributed by atoms with van der Waals surface area (Å²) in [5, 5.41) is 5.55. The van der Waals surface area contributed by atoms with Gasteiger partial charge in [-0.1, -0.05) is 24.3 Å². The predicted molar refractivity (Wildman–Crippen MR) is 136 cm³/mol. The minimum Gasteiger partial charge on any atom is -0.480 e. The average molecular weight is 490 g/mol. The smallest absolute Gasteiger partial charge is 0.265 e. The number of anilines is 3. The van der Waals surface area contributed by atoms with E-state index in [1.54, 1.807) is 36.4 Å². The zero-order valence-electron chi connectivity index (χ0n) is 20.2. The molecule has 0 bridgehead atoms. The van der Waals surface area contributed by atoms with Crippen molar-refractivity contribution in [3.63, 3.8) is 0 Å². The van der Waals surface area contributed by atoms with Crippen LogP contribution in [0.25, 0.3) is 0 Å². The van der Waals surface area contributed by atoms with Gasteiger partial charge in [0.15, 0.2) is 6.10 Å². The van der Waals surface area contributed by atoms with Crippen molar-refractivity contribution in [2.75, 3.05) is 28.6 Å². The third-order valence-corrected chi connectivity index (χ3v) is 6.30. The van der Waals surface area contributed by atoms with Crippen molar-refractivity contribution in [3.8, 4) is 5.75 Å². The van der Waals surface area contributed by atoms with E-state index < -0.39 is 17.8 Å². The van der Waals surface area contributed by atoms with Gasteiger partial charge in [0.05, 0.1) is 17.9 Å². The minimum atomic E-state index is -0.626. The first-order valence-electron chi connectivity index (χ1n) is 12.0. The fourth-order valence-corrected chi connectivity index (χ4v) is 4.71. The molecular weight excluding hydrogens is 461 g/mol. The van der Waals surface area contributed by atoms with E-state index in [2.05, 4.69) is 10.6 Å². The molecule has 2 heterocycles. The van der Waals surface area contributed by atoms with Crippen molar-refractivity contribution in [2.24, 2.45) is 0 Å². The first kappa shape index (κ1) is 23.8. The Morgan fingerprint density at radius 3 is 2.42 bits per heavy atom. The maximum Gasteiger partial charge on any atom is 0.265 e. The van der Waals surface area contributed by atoms with Gasteiger partial charge in [-0.15, -0.1) is 0 Å². The maximum absolute atomic E-state index is 14.9. The fourth-order valence-electron chi connectivity index (χ4n) is 4.71. The second-order valence-electron chi connectivity index (χ2n) is 9.27. The summed E-state index contributed by atoms with van der Waals surface area (Å²) in [6, 6.07) is 18.8. The predicted octanol–water partition coefficient (Wildman–Crippen LogP) is 4.63. The molecule has 2 aliphatic heterocycles. The first-order chi connectivity index (χ1) is 17.4. The molecule has 5 rings (SSSR count). The van der Waals surface area contributed by atoms with Gasteiger partial charge in [-0.25, -0.2) is 4.39 Å². The summed E-state index contributed by atoms with van der Waals surface area (Å²) in [6.45, 7) is 5.13. The molecule has 1 saturated heterocycles. The Morgan fingerprint density at radius 1 is 0.917 bits per heavy atom. The maximum atomic E-state index is 14.9. The monoisotopic (exact) mass is 489 g/mol. The van der Waals surface area contributed by atoms with Gasteiger partial charge in [-0.3, -0.25) is 9.59 Å².